The molecule has 1 atom stereocenters. The number of carbonyl (C=O) groups excluding carboxylic acids is 2. The van der Waals surface area contributed by atoms with Gasteiger partial charge in [0.2, 0.25) is 5.91 Å². The summed E-state index contributed by atoms with van der Waals surface area (Å²) in [6.07, 6.45) is 2.01. The van der Waals surface area contributed by atoms with E-state index in [4.69, 9.17) is 0 Å². The summed E-state index contributed by atoms with van der Waals surface area (Å²) < 4.78 is 0. The molecule has 2 aliphatic heterocycles. The molecule has 5 nitrogen and oxygen atoms in total. The van der Waals surface area contributed by atoms with Crippen molar-refractivity contribution in [3.8, 4) is 0 Å². The van der Waals surface area contributed by atoms with Gasteiger partial charge in [0.15, 0.2) is 0 Å². The van der Waals surface area contributed by atoms with Crippen LogP contribution in [0.2, 0.25) is 0 Å². The van der Waals surface area contributed by atoms with Crippen LogP contribution in [0.3, 0.4) is 0 Å². The van der Waals surface area contributed by atoms with E-state index < -0.39 is 0 Å². The Morgan fingerprint density at radius 3 is 2.55 bits per heavy atom. The molecule has 2 aliphatic rings. The maximum atomic E-state index is 12.3. The highest BCUT2D eigenvalue weighted by molar-refractivity contribution is 7.08. The van der Waals surface area contributed by atoms with E-state index in [0.29, 0.717) is 26.2 Å². The summed E-state index contributed by atoms with van der Waals surface area (Å²) in [5.41, 5.74) is 0.757. The van der Waals surface area contributed by atoms with E-state index in [1.54, 1.807) is 0 Å². The minimum Gasteiger partial charge on any atom is -0.338 e. The Bertz CT molecular complexity index is 475. The first-order valence-electron chi connectivity index (χ1n) is 7.09. The number of nitrogens with zero attached hydrogens (tertiary/aromatic N) is 2. The van der Waals surface area contributed by atoms with Crippen LogP contribution in [0, 0.1) is 0 Å². The molecule has 1 N–H and O–H groups in total. The largest absolute Gasteiger partial charge is 0.338 e. The predicted octanol–water partition coefficient (Wildman–Crippen LogP) is 0.784. The average molecular weight is 293 g/mol. The van der Waals surface area contributed by atoms with E-state index in [2.05, 4.69) is 5.32 Å². The minimum absolute atomic E-state index is 0.00544. The lowest BCUT2D eigenvalue weighted by Crippen LogP contribution is -2.54. The number of carbonyl (C=O) groups is 2. The van der Waals surface area contributed by atoms with E-state index in [1.807, 2.05) is 26.6 Å². The molecule has 0 spiro atoms. The number of amides is 2. The molecular weight excluding hydrogens is 274 g/mol. The summed E-state index contributed by atoms with van der Waals surface area (Å²) >= 11 is 1.53. The molecular formula is C14H19N3O2S. The molecule has 3 rings (SSSR count). The van der Waals surface area contributed by atoms with Crippen molar-refractivity contribution in [2.75, 3.05) is 32.7 Å². The molecule has 2 fully saturated rings. The van der Waals surface area contributed by atoms with Gasteiger partial charge in [0.25, 0.3) is 5.91 Å². The van der Waals surface area contributed by atoms with Crippen LogP contribution in [0.5, 0.6) is 0 Å². The quantitative estimate of drug-likeness (QED) is 0.877. The summed E-state index contributed by atoms with van der Waals surface area (Å²) in [5.74, 6) is 0.280. The Labute approximate surface area is 122 Å². The van der Waals surface area contributed by atoms with Crippen molar-refractivity contribution in [2.24, 2.45) is 0 Å². The van der Waals surface area contributed by atoms with E-state index >= 15 is 0 Å². The summed E-state index contributed by atoms with van der Waals surface area (Å²) in [4.78, 5) is 28.2. The van der Waals surface area contributed by atoms with Gasteiger partial charge in [-0.25, -0.2) is 0 Å². The molecule has 1 aromatic rings. The van der Waals surface area contributed by atoms with Crippen LogP contribution in [0.25, 0.3) is 0 Å². The second-order valence-electron chi connectivity index (χ2n) is 5.28. The molecule has 0 bridgehead atoms. The van der Waals surface area contributed by atoms with Gasteiger partial charge in [-0.15, -0.1) is 0 Å². The van der Waals surface area contributed by atoms with Gasteiger partial charge in [-0.2, -0.15) is 11.3 Å². The fourth-order valence-electron chi connectivity index (χ4n) is 2.81. The summed E-state index contributed by atoms with van der Waals surface area (Å²) in [5, 5.41) is 7.03. The second kappa shape index (κ2) is 5.93. The van der Waals surface area contributed by atoms with Crippen LogP contribution in [0.1, 0.15) is 23.2 Å². The zero-order chi connectivity index (χ0) is 13.9. The van der Waals surface area contributed by atoms with Crippen molar-refractivity contribution in [1.82, 2.24) is 15.1 Å². The molecule has 2 saturated heterocycles. The molecule has 2 amide bonds. The smallest absolute Gasteiger partial charge is 0.254 e. The fraction of sp³-hybridized carbons (Fsp3) is 0.571. The summed E-state index contributed by atoms with van der Waals surface area (Å²) in [6, 6.07) is 1.85. The highest BCUT2D eigenvalue weighted by atomic mass is 32.1. The SMILES string of the molecule is O=C(c1ccsc1)N1CCN(C(=O)[C@@H]2CCCN2)CC1. The molecule has 0 saturated carbocycles. The molecule has 0 radical (unpaired) electrons. The molecule has 0 aliphatic carbocycles. The predicted molar refractivity (Wildman–Crippen MR) is 77.8 cm³/mol. The number of hydrogen-bond donors (Lipinski definition) is 1. The van der Waals surface area contributed by atoms with E-state index in [-0.39, 0.29) is 17.9 Å². The van der Waals surface area contributed by atoms with Gasteiger partial charge in [0.05, 0.1) is 11.6 Å². The standard InChI is InChI=1S/C14H19N3O2S/c18-13(11-3-9-20-10-11)16-5-7-17(8-6-16)14(19)12-2-1-4-15-12/h3,9-10,12,15H,1-2,4-8H2/t12-/m0/s1. The Morgan fingerprint density at radius 2 is 1.95 bits per heavy atom. The third-order valence-corrected chi connectivity index (χ3v) is 4.69. The maximum Gasteiger partial charge on any atom is 0.254 e. The Morgan fingerprint density at radius 1 is 1.20 bits per heavy atom. The van der Waals surface area contributed by atoms with E-state index in [0.717, 1.165) is 24.9 Å². The molecule has 1 aromatic heterocycles. The van der Waals surface area contributed by atoms with Crippen LogP contribution in [-0.2, 0) is 4.79 Å². The number of hydrogen-bond acceptors (Lipinski definition) is 4. The number of nitrogens with one attached hydrogen (secondary N) is 1. The summed E-state index contributed by atoms with van der Waals surface area (Å²) in [6.45, 7) is 3.49. The third-order valence-electron chi connectivity index (χ3n) is 4.01. The van der Waals surface area contributed by atoms with Crippen LogP contribution in [0.4, 0.5) is 0 Å². The fourth-order valence-corrected chi connectivity index (χ4v) is 3.44. The van der Waals surface area contributed by atoms with Crippen molar-refractivity contribution in [1.29, 1.82) is 0 Å². The highest BCUT2D eigenvalue weighted by Gasteiger charge is 2.30. The summed E-state index contributed by atoms with van der Waals surface area (Å²) in [7, 11) is 0. The third kappa shape index (κ3) is 2.71. The van der Waals surface area contributed by atoms with Gasteiger partial charge in [-0.05, 0) is 30.8 Å². The number of thiophene rings is 1. The van der Waals surface area contributed by atoms with Crippen LogP contribution in [-0.4, -0.2) is 60.4 Å². The zero-order valence-corrected chi connectivity index (χ0v) is 12.2. The van der Waals surface area contributed by atoms with Crippen LogP contribution < -0.4 is 5.32 Å². The maximum absolute atomic E-state index is 12.3. The Balaban J connectivity index is 1.54. The Hall–Kier alpha value is -1.40. The molecule has 20 heavy (non-hydrogen) atoms. The van der Waals surface area contributed by atoms with Gasteiger partial charge in [0, 0.05) is 31.6 Å². The van der Waals surface area contributed by atoms with Crippen molar-refractivity contribution < 1.29 is 9.59 Å². The van der Waals surface area contributed by atoms with Gasteiger partial charge in [-0.3, -0.25) is 9.59 Å². The van der Waals surface area contributed by atoms with Gasteiger partial charge >= 0.3 is 0 Å². The average Bonchev–Trinajstić information content (AvgIpc) is 3.18. The topological polar surface area (TPSA) is 52.7 Å². The first-order chi connectivity index (χ1) is 9.75. The first kappa shape index (κ1) is 13.6. The lowest BCUT2D eigenvalue weighted by molar-refractivity contribution is -0.134. The van der Waals surface area contributed by atoms with Crippen molar-refractivity contribution in [3.05, 3.63) is 22.4 Å². The molecule has 108 valence electrons. The molecule has 0 unspecified atom stereocenters. The zero-order valence-electron chi connectivity index (χ0n) is 11.4. The minimum atomic E-state index is -0.00544. The van der Waals surface area contributed by atoms with Crippen LogP contribution >= 0.6 is 11.3 Å². The van der Waals surface area contributed by atoms with Gasteiger partial charge in [-0.1, -0.05) is 0 Å². The second-order valence-corrected chi connectivity index (χ2v) is 6.06. The van der Waals surface area contributed by atoms with Crippen molar-refractivity contribution >= 4 is 23.2 Å². The molecule has 0 aromatic carbocycles. The van der Waals surface area contributed by atoms with E-state index in [1.165, 1.54) is 11.3 Å². The first-order valence-corrected chi connectivity index (χ1v) is 8.03. The number of rotatable bonds is 2. The number of piperazine rings is 1. The van der Waals surface area contributed by atoms with Gasteiger partial charge in [0.1, 0.15) is 0 Å². The monoisotopic (exact) mass is 293 g/mol. The van der Waals surface area contributed by atoms with Gasteiger partial charge < -0.3 is 15.1 Å². The highest BCUT2D eigenvalue weighted by Crippen LogP contribution is 2.14. The normalized spacial score (nSPS) is 23.1. The lowest BCUT2D eigenvalue weighted by atomic mass is 10.1. The van der Waals surface area contributed by atoms with E-state index in [9.17, 15) is 9.59 Å². The lowest BCUT2D eigenvalue weighted by Gasteiger charge is -2.35. The van der Waals surface area contributed by atoms with Crippen LogP contribution in [0.15, 0.2) is 16.8 Å². The van der Waals surface area contributed by atoms with Crippen molar-refractivity contribution in [2.45, 2.75) is 18.9 Å². The molecule has 3 heterocycles. The van der Waals surface area contributed by atoms with Crippen molar-refractivity contribution in [3.63, 3.8) is 0 Å². The molecule has 6 heteroatoms. The Kier molecular flexibility index (Phi) is 4.03.